The summed E-state index contributed by atoms with van der Waals surface area (Å²) in [5.41, 5.74) is 1.60. The summed E-state index contributed by atoms with van der Waals surface area (Å²) in [5.74, 6) is -0.152. The van der Waals surface area contributed by atoms with E-state index in [1.807, 2.05) is 36.4 Å². The molecule has 0 saturated heterocycles. The largest absolute Gasteiger partial charge is 0.482 e. The minimum absolute atomic E-state index is 0.135. The molecule has 0 aliphatic carbocycles. The quantitative estimate of drug-likeness (QED) is 0.391. The number of carbonyl (C=O) groups excluding carboxylic acids is 2. The molecule has 0 spiro atoms. The van der Waals surface area contributed by atoms with Gasteiger partial charge in [0.1, 0.15) is 17.6 Å². The van der Waals surface area contributed by atoms with Crippen LogP contribution in [0.4, 0.5) is 0 Å². The molecule has 27 heavy (non-hydrogen) atoms. The number of carbonyl (C=O) groups is 2. The van der Waals surface area contributed by atoms with Crippen molar-refractivity contribution >= 4 is 33.5 Å². The van der Waals surface area contributed by atoms with E-state index in [0.29, 0.717) is 27.8 Å². The van der Waals surface area contributed by atoms with Crippen molar-refractivity contribution in [3.63, 3.8) is 0 Å². The molecule has 4 rings (SSSR count). The average molecular weight is 360 g/mol. The van der Waals surface area contributed by atoms with Crippen LogP contribution in [0.2, 0.25) is 0 Å². The highest BCUT2D eigenvalue weighted by atomic mass is 16.6. The molecule has 134 valence electrons. The van der Waals surface area contributed by atoms with Crippen molar-refractivity contribution in [1.82, 2.24) is 0 Å². The molecule has 0 amide bonds. The third kappa shape index (κ3) is 3.27. The molecule has 0 unspecified atom stereocenters. The Hall–Kier alpha value is -3.60. The lowest BCUT2D eigenvalue weighted by atomic mass is 9.99. The van der Waals surface area contributed by atoms with Gasteiger partial charge in [-0.25, -0.2) is 4.79 Å². The van der Waals surface area contributed by atoms with Gasteiger partial charge in [0.2, 0.25) is 0 Å². The molecule has 5 heteroatoms. The van der Waals surface area contributed by atoms with Crippen LogP contribution in [-0.4, -0.2) is 25.5 Å². The van der Waals surface area contributed by atoms with Crippen LogP contribution in [0.15, 0.2) is 71.3 Å². The van der Waals surface area contributed by atoms with E-state index in [4.69, 9.17) is 9.15 Å². The van der Waals surface area contributed by atoms with Gasteiger partial charge in [-0.15, -0.1) is 0 Å². The molecule has 0 saturated carbocycles. The highest BCUT2D eigenvalue weighted by Crippen LogP contribution is 2.28. The van der Waals surface area contributed by atoms with Gasteiger partial charge in [0.05, 0.1) is 12.7 Å². The van der Waals surface area contributed by atoms with E-state index < -0.39 is 5.97 Å². The van der Waals surface area contributed by atoms with Crippen LogP contribution in [0.3, 0.4) is 0 Å². The van der Waals surface area contributed by atoms with E-state index in [1.165, 1.54) is 13.4 Å². The molecular weight excluding hydrogens is 344 g/mol. The first kappa shape index (κ1) is 16.8. The maximum absolute atomic E-state index is 13.0. The number of hydrogen-bond acceptors (Lipinski definition) is 5. The minimum atomic E-state index is -0.477. The predicted octanol–water partition coefficient (Wildman–Crippen LogP) is 4.37. The zero-order valence-corrected chi connectivity index (χ0v) is 14.6. The zero-order valence-electron chi connectivity index (χ0n) is 14.6. The van der Waals surface area contributed by atoms with Crippen LogP contribution in [0.5, 0.6) is 5.75 Å². The molecule has 0 atom stereocenters. The molecule has 1 heterocycles. The Bertz CT molecular complexity index is 1160. The first-order valence-corrected chi connectivity index (χ1v) is 8.40. The van der Waals surface area contributed by atoms with Gasteiger partial charge in [0.25, 0.3) is 0 Å². The van der Waals surface area contributed by atoms with Crippen molar-refractivity contribution in [2.45, 2.75) is 0 Å². The Balaban J connectivity index is 1.69. The summed E-state index contributed by atoms with van der Waals surface area (Å²) in [5, 5.41) is 2.71. The van der Waals surface area contributed by atoms with Crippen molar-refractivity contribution < 1.29 is 23.5 Å². The molecule has 0 N–H and O–H groups in total. The third-order valence-electron chi connectivity index (χ3n) is 4.39. The third-order valence-corrected chi connectivity index (χ3v) is 4.39. The maximum Gasteiger partial charge on any atom is 0.343 e. The molecular formula is C22H16O5. The summed E-state index contributed by atoms with van der Waals surface area (Å²) in [6.45, 7) is -0.201. The molecule has 0 bridgehead atoms. The highest BCUT2D eigenvalue weighted by Gasteiger charge is 2.17. The first-order valence-electron chi connectivity index (χ1n) is 8.40. The summed E-state index contributed by atoms with van der Waals surface area (Å²) in [4.78, 5) is 24.3. The van der Waals surface area contributed by atoms with Crippen LogP contribution in [0.25, 0.3) is 21.7 Å². The lowest BCUT2D eigenvalue weighted by molar-refractivity contribution is -0.142. The van der Waals surface area contributed by atoms with Crippen molar-refractivity contribution in [3.05, 3.63) is 78.1 Å². The van der Waals surface area contributed by atoms with Gasteiger partial charge >= 0.3 is 5.97 Å². The standard InChI is InChI=1S/C22H16O5/c1-25-21(23)13-26-17-8-9-20-18(11-17)19(12-27-20)22(24)16-7-6-14-4-2-3-5-15(14)10-16/h2-12H,13H2,1H3. The minimum Gasteiger partial charge on any atom is -0.482 e. The summed E-state index contributed by atoms with van der Waals surface area (Å²) in [7, 11) is 1.30. The molecule has 0 aliphatic rings. The van der Waals surface area contributed by atoms with Crippen molar-refractivity contribution in [1.29, 1.82) is 0 Å². The van der Waals surface area contributed by atoms with E-state index in [9.17, 15) is 9.59 Å². The van der Waals surface area contributed by atoms with Crippen molar-refractivity contribution in [2.75, 3.05) is 13.7 Å². The number of ketones is 1. The number of furan rings is 1. The number of fused-ring (bicyclic) bond motifs is 2. The summed E-state index contributed by atoms with van der Waals surface area (Å²) in [6, 6.07) is 18.6. The van der Waals surface area contributed by atoms with Crippen LogP contribution >= 0.6 is 0 Å². The number of hydrogen-bond donors (Lipinski definition) is 0. The number of rotatable bonds is 5. The predicted molar refractivity (Wildman–Crippen MR) is 101 cm³/mol. The molecule has 0 radical (unpaired) electrons. The Kier molecular flexibility index (Phi) is 4.34. The molecule has 3 aromatic carbocycles. The SMILES string of the molecule is COC(=O)COc1ccc2occ(C(=O)c3ccc4ccccc4c3)c2c1. The highest BCUT2D eigenvalue weighted by molar-refractivity contribution is 6.17. The Morgan fingerprint density at radius 1 is 0.963 bits per heavy atom. The number of benzene rings is 3. The van der Waals surface area contributed by atoms with Crippen molar-refractivity contribution in [2.24, 2.45) is 0 Å². The van der Waals surface area contributed by atoms with Gasteiger partial charge in [-0.2, -0.15) is 0 Å². The lowest BCUT2D eigenvalue weighted by Crippen LogP contribution is -2.12. The van der Waals surface area contributed by atoms with Crippen LogP contribution in [0, 0.1) is 0 Å². The number of esters is 1. The second-order valence-electron chi connectivity index (χ2n) is 6.06. The fourth-order valence-corrected chi connectivity index (χ4v) is 2.96. The fourth-order valence-electron chi connectivity index (χ4n) is 2.96. The van der Waals surface area contributed by atoms with Gasteiger partial charge in [-0.05, 0) is 35.0 Å². The Labute approximate surface area is 155 Å². The monoisotopic (exact) mass is 360 g/mol. The second-order valence-corrected chi connectivity index (χ2v) is 6.06. The Morgan fingerprint density at radius 2 is 1.78 bits per heavy atom. The van der Waals surface area contributed by atoms with E-state index in [2.05, 4.69) is 4.74 Å². The van der Waals surface area contributed by atoms with E-state index in [1.54, 1.807) is 24.3 Å². The average Bonchev–Trinajstić information content (AvgIpc) is 3.14. The summed E-state index contributed by atoms with van der Waals surface area (Å²) in [6.07, 6.45) is 1.45. The van der Waals surface area contributed by atoms with Gasteiger partial charge in [0.15, 0.2) is 12.4 Å². The smallest absolute Gasteiger partial charge is 0.343 e. The van der Waals surface area contributed by atoms with E-state index >= 15 is 0 Å². The van der Waals surface area contributed by atoms with Gasteiger partial charge in [-0.3, -0.25) is 4.79 Å². The first-order chi connectivity index (χ1) is 13.2. The molecule has 0 aliphatic heterocycles. The summed E-state index contributed by atoms with van der Waals surface area (Å²) < 4.78 is 15.5. The van der Waals surface area contributed by atoms with E-state index in [0.717, 1.165) is 10.8 Å². The van der Waals surface area contributed by atoms with E-state index in [-0.39, 0.29) is 12.4 Å². The van der Waals surface area contributed by atoms with Crippen LogP contribution < -0.4 is 4.74 Å². The Morgan fingerprint density at radius 3 is 2.59 bits per heavy atom. The van der Waals surface area contributed by atoms with Crippen molar-refractivity contribution in [3.8, 4) is 5.75 Å². The number of ether oxygens (including phenoxy) is 2. The number of methoxy groups -OCH3 is 1. The van der Waals surface area contributed by atoms with Gasteiger partial charge in [-0.1, -0.05) is 36.4 Å². The van der Waals surface area contributed by atoms with Crippen LogP contribution in [-0.2, 0) is 9.53 Å². The lowest BCUT2D eigenvalue weighted by Gasteiger charge is -2.05. The maximum atomic E-state index is 13.0. The molecule has 5 nitrogen and oxygen atoms in total. The fraction of sp³-hybridized carbons (Fsp3) is 0.0909. The normalized spacial score (nSPS) is 10.9. The molecule has 1 aromatic heterocycles. The topological polar surface area (TPSA) is 65.7 Å². The zero-order chi connectivity index (χ0) is 18.8. The summed E-state index contributed by atoms with van der Waals surface area (Å²) >= 11 is 0. The van der Waals surface area contributed by atoms with Gasteiger partial charge < -0.3 is 13.9 Å². The second kappa shape index (κ2) is 6.96. The van der Waals surface area contributed by atoms with Crippen LogP contribution in [0.1, 0.15) is 15.9 Å². The van der Waals surface area contributed by atoms with Gasteiger partial charge in [0, 0.05) is 10.9 Å². The molecule has 4 aromatic rings. The molecule has 0 fully saturated rings.